The van der Waals surface area contributed by atoms with E-state index in [4.69, 9.17) is 5.11 Å². The zero-order valence-electron chi connectivity index (χ0n) is 12.5. The Bertz CT molecular complexity index is 500. The molecule has 0 spiro atoms. The van der Waals surface area contributed by atoms with Gasteiger partial charge in [-0.05, 0) is 18.9 Å². The average molecular weight is 290 g/mol. The predicted molar refractivity (Wildman–Crippen MR) is 82.0 cm³/mol. The fourth-order valence-electron chi connectivity index (χ4n) is 2.01. The van der Waals surface area contributed by atoms with E-state index in [1.165, 1.54) is 4.90 Å². The molecule has 2 N–H and O–H groups in total. The highest BCUT2D eigenvalue weighted by Gasteiger charge is 2.18. The molecule has 1 unspecified atom stereocenters. The molecule has 0 aliphatic carbocycles. The number of hydrogen-bond donors (Lipinski definition) is 2. The van der Waals surface area contributed by atoms with E-state index in [9.17, 15) is 9.59 Å². The molecule has 21 heavy (non-hydrogen) atoms. The fraction of sp³-hybridized carbons (Fsp3) is 0.375. The number of nitrogens with zero attached hydrogens (tertiary/aromatic N) is 1. The number of aliphatic carboxylic acids is 1. The molecule has 0 radical (unpaired) electrons. The zero-order valence-corrected chi connectivity index (χ0v) is 12.5. The molecule has 0 saturated heterocycles. The van der Waals surface area contributed by atoms with Crippen LogP contribution in [0.25, 0.3) is 0 Å². The van der Waals surface area contributed by atoms with Crippen LogP contribution in [0, 0.1) is 0 Å². The summed E-state index contributed by atoms with van der Waals surface area (Å²) in [5.74, 6) is -0.875. The highest BCUT2D eigenvalue weighted by atomic mass is 16.4. The summed E-state index contributed by atoms with van der Waals surface area (Å²) in [6.07, 6.45) is 0.357. The van der Waals surface area contributed by atoms with E-state index < -0.39 is 5.97 Å². The number of carboxylic acid groups (broad SMARTS) is 1. The highest BCUT2D eigenvalue weighted by Crippen LogP contribution is 2.18. The second-order valence-corrected chi connectivity index (χ2v) is 5.16. The minimum Gasteiger partial charge on any atom is -0.481 e. The number of amides is 2. The third-order valence-corrected chi connectivity index (χ3v) is 3.00. The predicted octanol–water partition coefficient (Wildman–Crippen LogP) is 2.81. The number of hydrogen-bond acceptors (Lipinski definition) is 2. The van der Waals surface area contributed by atoms with Crippen molar-refractivity contribution in [3.05, 3.63) is 48.0 Å². The molecule has 0 aliphatic heterocycles. The Morgan fingerprint density at radius 1 is 1.33 bits per heavy atom. The van der Waals surface area contributed by atoms with Gasteiger partial charge in [-0.3, -0.25) is 4.79 Å². The van der Waals surface area contributed by atoms with Gasteiger partial charge >= 0.3 is 12.0 Å². The van der Waals surface area contributed by atoms with Crippen LogP contribution in [0.4, 0.5) is 4.79 Å². The van der Waals surface area contributed by atoms with Crippen molar-refractivity contribution in [3.63, 3.8) is 0 Å². The molecule has 0 bridgehead atoms. The Morgan fingerprint density at radius 3 is 2.48 bits per heavy atom. The van der Waals surface area contributed by atoms with Crippen LogP contribution in [0.3, 0.4) is 0 Å². The monoisotopic (exact) mass is 290 g/mol. The number of carboxylic acids is 1. The molecular formula is C16H22N2O3. The van der Waals surface area contributed by atoms with Gasteiger partial charge in [0, 0.05) is 20.0 Å². The molecule has 1 rings (SSSR count). The van der Waals surface area contributed by atoms with Gasteiger partial charge in [0.25, 0.3) is 0 Å². The van der Waals surface area contributed by atoms with Gasteiger partial charge in [-0.25, -0.2) is 4.79 Å². The van der Waals surface area contributed by atoms with Crippen LogP contribution < -0.4 is 5.32 Å². The molecule has 1 aromatic rings. The number of carbonyl (C=O) groups excluding carboxylic acids is 1. The minimum absolute atomic E-state index is 0.00401. The maximum absolute atomic E-state index is 12.1. The van der Waals surface area contributed by atoms with Gasteiger partial charge in [0.15, 0.2) is 0 Å². The van der Waals surface area contributed by atoms with Gasteiger partial charge in [-0.15, -0.1) is 0 Å². The van der Waals surface area contributed by atoms with E-state index in [0.717, 1.165) is 11.1 Å². The summed E-state index contributed by atoms with van der Waals surface area (Å²) in [6.45, 7) is 6.09. The number of benzene rings is 1. The number of urea groups is 1. The van der Waals surface area contributed by atoms with Gasteiger partial charge in [0.1, 0.15) is 0 Å². The van der Waals surface area contributed by atoms with Crippen LogP contribution >= 0.6 is 0 Å². The number of nitrogens with one attached hydrogen (secondary N) is 1. The van der Waals surface area contributed by atoms with Crippen molar-refractivity contribution in [1.29, 1.82) is 0 Å². The van der Waals surface area contributed by atoms with Crippen molar-refractivity contribution in [3.8, 4) is 0 Å². The SMILES string of the molecule is C=C(C)CN(C)C(=O)NC(CCC(=O)O)c1ccccc1. The Balaban J connectivity index is 2.75. The van der Waals surface area contributed by atoms with Crippen LogP contribution in [0.2, 0.25) is 0 Å². The quantitative estimate of drug-likeness (QED) is 0.759. The minimum atomic E-state index is -0.875. The van der Waals surface area contributed by atoms with Crippen molar-refractivity contribution >= 4 is 12.0 Å². The van der Waals surface area contributed by atoms with Gasteiger partial charge in [-0.1, -0.05) is 42.5 Å². The maximum atomic E-state index is 12.1. The van der Waals surface area contributed by atoms with Crippen LogP contribution in [-0.2, 0) is 4.79 Å². The van der Waals surface area contributed by atoms with Crippen LogP contribution in [0.15, 0.2) is 42.5 Å². The second kappa shape index (κ2) is 8.09. The summed E-state index contributed by atoms with van der Waals surface area (Å²) in [5, 5.41) is 11.7. The molecule has 5 nitrogen and oxygen atoms in total. The lowest BCUT2D eigenvalue weighted by molar-refractivity contribution is -0.137. The molecule has 2 amide bonds. The summed E-state index contributed by atoms with van der Waals surface area (Å²) in [4.78, 5) is 24.4. The third kappa shape index (κ3) is 6.12. The number of likely N-dealkylation sites (N-methyl/N-ethyl adjacent to an activating group) is 1. The first-order valence-electron chi connectivity index (χ1n) is 6.83. The van der Waals surface area contributed by atoms with Crippen molar-refractivity contribution in [2.45, 2.75) is 25.8 Å². The molecule has 1 atom stereocenters. The van der Waals surface area contributed by atoms with Gasteiger partial charge in [0.2, 0.25) is 0 Å². The summed E-state index contributed by atoms with van der Waals surface area (Å²) in [7, 11) is 1.68. The van der Waals surface area contributed by atoms with Crippen molar-refractivity contribution in [2.75, 3.05) is 13.6 Å². The molecule has 0 heterocycles. The zero-order chi connectivity index (χ0) is 15.8. The summed E-state index contributed by atoms with van der Waals surface area (Å²) < 4.78 is 0. The maximum Gasteiger partial charge on any atom is 0.317 e. The number of carbonyl (C=O) groups is 2. The highest BCUT2D eigenvalue weighted by molar-refractivity contribution is 5.75. The first-order valence-corrected chi connectivity index (χ1v) is 6.83. The Labute approximate surface area is 125 Å². The van der Waals surface area contributed by atoms with E-state index in [0.29, 0.717) is 13.0 Å². The van der Waals surface area contributed by atoms with Gasteiger partial charge in [-0.2, -0.15) is 0 Å². The molecule has 0 aliphatic rings. The molecular weight excluding hydrogens is 268 g/mol. The van der Waals surface area contributed by atoms with Crippen LogP contribution in [0.1, 0.15) is 31.4 Å². The lowest BCUT2D eigenvalue weighted by Gasteiger charge is -2.23. The van der Waals surface area contributed by atoms with Gasteiger partial charge < -0.3 is 15.3 Å². The largest absolute Gasteiger partial charge is 0.481 e. The lowest BCUT2D eigenvalue weighted by atomic mass is 10.0. The third-order valence-electron chi connectivity index (χ3n) is 3.00. The summed E-state index contributed by atoms with van der Waals surface area (Å²) in [5.41, 5.74) is 1.78. The second-order valence-electron chi connectivity index (χ2n) is 5.16. The van der Waals surface area contributed by atoms with E-state index >= 15 is 0 Å². The molecule has 0 saturated carbocycles. The normalized spacial score (nSPS) is 11.5. The smallest absolute Gasteiger partial charge is 0.317 e. The van der Waals surface area contributed by atoms with Crippen molar-refractivity contribution < 1.29 is 14.7 Å². The Kier molecular flexibility index (Phi) is 6.46. The molecule has 1 aromatic carbocycles. The average Bonchev–Trinajstić information content (AvgIpc) is 2.43. The Morgan fingerprint density at radius 2 is 1.95 bits per heavy atom. The standard InChI is InChI=1S/C16H22N2O3/c1-12(2)11-18(3)16(21)17-14(9-10-15(19)20)13-7-5-4-6-8-13/h4-8,14H,1,9-11H2,2-3H3,(H,17,21)(H,19,20). The van der Waals surface area contributed by atoms with E-state index in [2.05, 4.69) is 11.9 Å². The van der Waals surface area contributed by atoms with Crippen LogP contribution in [0.5, 0.6) is 0 Å². The molecule has 0 aromatic heterocycles. The lowest BCUT2D eigenvalue weighted by Crippen LogP contribution is -2.40. The molecule has 114 valence electrons. The van der Waals surface area contributed by atoms with Gasteiger partial charge in [0.05, 0.1) is 6.04 Å². The number of rotatable bonds is 7. The molecule has 5 heteroatoms. The van der Waals surface area contributed by atoms with E-state index in [1.807, 2.05) is 37.3 Å². The van der Waals surface area contributed by atoms with E-state index in [-0.39, 0.29) is 18.5 Å². The Hall–Kier alpha value is -2.30. The van der Waals surface area contributed by atoms with E-state index in [1.54, 1.807) is 7.05 Å². The topological polar surface area (TPSA) is 69.6 Å². The first kappa shape index (κ1) is 16.8. The summed E-state index contributed by atoms with van der Waals surface area (Å²) >= 11 is 0. The van der Waals surface area contributed by atoms with Crippen LogP contribution in [-0.4, -0.2) is 35.6 Å². The fourth-order valence-corrected chi connectivity index (χ4v) is 2.01. The molecule has 0 fully saturated rings. The van der Waals surface area contributed by atoms with Crippen molar-refractivity contribution in [1.82, 2.24) is 10.2 Å². The first-order chi connectivity index (χ1) is 9.90. The van der Waals surface area contributed by atoms with Crippen molar-refractivity contribution in [2.24, 2.45) is 0 Å². The summed E-state index contributed by atoms with van der Waals surface area (Å²) in [6, 6.07) is 8.82.